The molecule has 0 unspecified atom stereocenters. The van der Waals surface area contributed by atoms with Crippen LogP contribution in [0.2, 0.25) is 0 Å². The second-order valence-electron chi connectivity index (χ2n) is 8.31. The monoisotopic (exact) mass is 465 g/mol. The molecule has 2 heterocycles. The molecule has 3 aromatic carbocycles. The van der Waals surface area contributed by atoms with Gasteiger partial charge in [-0.1, -0.05) is 42.5 Å². The molecule has 1 amide bonds. The molecule has 0 saturated carbocycles. The van der Waals surface area contributed by atoms with Crippen LogP contribution in [0.4, 0.5) is 17.3 Å². The molecule has 5 rings (SSSR count). The predicted molar refractivity (Wildman–Crippen MR) is 139 cm³/mol. The molecule has 1 aliphatic heterocycles. The van der Waals surface area contributed by atoms with Gasteiger partial charge in [0.15, 0.2) is 0 Å². The van der Waals surface area contributed by atoms with Gasteiger partial charge in [0.05, 0.1) is 13.2 Å². The van der Waals surface area contributed by atoms with Crippen LogP contribution < -0.4 is 15.5 Å². The van der Waals surface area contributed by atoms with E-state index in [1.807, 2.05) is 66.7 Å². The van der Waals surface area contributed by atoms with Crippen LogP contribution in [0, 0.1) is 0 Å². The third-order valence-electron chi connectivity index (χ3n) is 5.93. The Morgan fingerprint density at radius 2 is 1.51 bits per heavy atom. The molecule has 4 aromatic rings. The van der Waals surface area contributed by atoms with Gasteiger partial charge in [-0.25, -0.2) is 9.97 Å². The molecule has 0 aliphatic carbocycles. The lowest BCUT2D eigenvalue weighted by molar-refractivity contribution is 0.102. The van der Waals surface area contributed by atoms with Crippen LogP contribution in [-0.2, 0) is 11.3 Å². The minimum absolute atomic E-state index is 0.146. The Kier molecular flexibility index (Phi) is 6.96. The third kappa shape index (κ3) is 5.83. The number of nitrogens with one attached hydrogen (secondary N) is 2. The summed E-state index contributed by atoms with van der Waals surface area (Å²) in [5.74, 6) is 0.431. The number of morpholine rings is 1. The molecule has 7 nitrogen and oxygen atoms in total. The highest BCUT2D eigenvalue weighted by atomic mass is 16.5. The van der Waals surface area contributed by atoms with E-state index in [1.54, 1.807) is 12.4 Å². The molecule has 0 radical (unpaired) electrons. The summed E-state index contributed by atoms with van der Waals surface area (Å²) < 4.78 is 5.40. The van der Waals surface area contributed by atoms with E-state index in [-0.39, 0.29) is 5.91 Å². The number of carbonyl (C=O) groups excluding carboxylic acids is 1. The van der Waals surface area contributed by atoms with E-state index in [1.165, 1.54) is 5.56 Å². The van der Waals surface area contributed by atoms with Gasteiger partial charge in [0.25, 0.3) is 5.91 Å². The lowest BCUT2D eigenvalue weighted by atomic mass is 10.1. The first-order chi connectivity index (χ1) is 17.2. The molecule has 0 spiro atoms. The lowest BCUT2D eigenvalue weighted by Gasteiger charge is -2.28. The van der Waals surface area contributed by atoms with Crippen LogP contribution in [0.5, 0.6) is 0 Å². The normalized spacial score (nSPS) is 13.3. The van der Waals surface area contributed by atoms with Gasteiger partial charge >= 0.3 is 0 Å². The van der Waals surface area contributed by atoms with E-state index in [0.717, 1.165) is 48.8 Å². The molecular weight excluding hydrogens is 438 g/mol. The maximum absolute atomic E-state index is 12.7. The van der Waals surface area contributed by atoms with Gasteiger partial charge in [0.1, 0.15) is 0 Å². The van der Waals surface area contributed by atoms with Crippen LogP contribution in [-0.4, -0.2) is 42.2 Å². The van der Waals surface area contributed by atoms with Crippen molar-refractivity contribution in [1.29, 1.82) is 0 Å². The Morgan fingerprint density at radius 1 is 0.829 bits per heavy atom. The maximum Gasteiger partial charge on any atom is 0.255 e. The fourth-order valence-corrected chi connectivity index (χ4v) is 3.94. The molecule has 1 fully saturated rings. The molecule has 0 atom stereocenters. The Morgan fingerprint density at radius 3 is 2.20 bits per heavy atom. The van der Waals surface area contributed by atoms with Crippen LogP contribution in [0.1, 0.15) is 15.9 Å². The fraction of sp³-hybridized carbons (Fsp3) is 0.179. The number of aromatic nitrogens is 2. The zero-order chi connectivity index (χ0) is 23.9. The lowest BCUT2D eigenvalue weighted by Crippen LogP contribution is -2.36. The number of ether oxygens (including phenoxy) is 1. The van der Waals surface area contributed by atoms with Crippen molar-refractivity contribution in [1.82, 2.24) is 9.97 Å². The Balaban J connectivity index is 1.17. The van der Waals surface area contributed by atoms with Crippen molar-refractivity contribution >= 4 is 23.2 Å². The summed E-state index contributed by atoms with van der Waals surface area (Å²) in [5.41, 5.74) is 5.50. The van der Waals surface area contributed by atoms with Gasteiger partial charge in [-0.05, 0) is 47.5 Å². The number of hydrogen-bond acceptors (Lipinski definition) is 6. The van der Waals surface area contributed by atoms with Crippen LogP contribution in [0.15, 0.2) is 91.3 Å². The molecular formula is C28H27N5O2. The summed E-state index contributed by atoms with van der Waals surface area (Å²) in [6.07, 6.45) is 3.57. The van der Waals surface area contributed by atoms with Crippen molar-refractivity contribution in [2.24, 2.45) is 0 Å². The molecule has 2 N–H and O–H groups in total. The zero-order valence-electron chi connectivity index (χ0n) is 19.4. The first-order valence-electron chi connectivity index (χ1n) is 11.7. The van der Waals surface area contributed by atoms with Gasteiger partial charge < -0.3 is 20.3 Å². The minimum Gasteiger partial charge on any atom is -0.378 e. The van der Waals surface area contributed by atoms with Crippen molar-refractivity contribution in [2.45, 2.75) is 6.54 Å². The van der Waals surface area contributed by atoms with Crippen LogP contribution in [0.3, 0.4) is 0 Å². The summed E-state index contributed by atoms with van der Waals surface area (Å²) in [7, 11) is 0. The van der Waals surface area contributed by atoms with Crippen molar-refractivity contribution in [2.75, 3.05) is 41.8 Å². The number of benzene rings is 3. The highest BCUT2D eigenvalue weighted by molar-refractivity contribution is 6.04. The van der Waals surface area contributed by atoms with E-state index in [4.69, 9.17) is 4.74 Å². The van der Waals surface area contributed by atoms with E-state index < -0.39 is 0 Å². The van der Waals surface area contributed by atoms with Gasteiger partial charge in [0, 0.05) is 54.5 Å². The molecule has 35 heavy (non-hydrogen) atoms. The first kappa shape index (κ1) is 22.6. The Bertz CT molecular complexity index is 1240. The molecule has 0 bridgehead atoms. The second-order valence-corrected chi connectivity index (χ2v) is 8.31. The number of carbonyl (C=O) groups is 1. The van der Waals surface area contributed by atoms with Crippen molar-refractivity contribution < 1.29 is 9.53 Å². The van der Waals surface area contributed by atoms with Crippen molar-refractivity contribution in [3.63, 3.8) is 0 Å². The third-order valence-corrected chi connectivity index (χ3v) is 5.93. The number of nitrogens with zero attached hydrogens (tertiary/aromatic N) is 3. The number of amides is 1. The Hall–Kier alpha value is -4.23. The summed E-state index contributed by atoms with van der Waals surface area (Å²) in [6.45, 7) is 3.93. The minimum atomic E-state index is -0.146. The highest BCUT2D eigenvalue weighted by Gasteiger charge is 2.12. The van der Waals surface area contributed by atoms with E-state index in [0.29, 0.717) is 18.1 Å². The fourth-order valence-electron chi connectivity index (χ4n) is 3.94. The number of rotatable bonds is 7. The predicted octanol–water partition coefficient (Wildman–Crippen LogP) is 4.84. The maximum atomic E-state index is 12.7. The highest BCUT2D eigenvalue weighted by Crippen LogP contribution is 2.21. The van der Waals surface area contributed by atoms with Gasteiger partial charge in [-0.15, -0.1) is 0 Å². The summed E-state index contributed by atoms with van der Waals surface area (Å²) in [6, 6.07) is 25.5. The van der Waals surface area contributed by atoms with Crippen molar-refractivity contribution in [3.8, 4) is 11.1 Å². The number of anilines is 3. The summed E-state index contributed by atoms with van der Waals surface area (Å²) >= 11 is 0. The Labute approximate surface area is 204 Å². The number of hydrogen-bond donors (Lipinski definition) is 2. The first-order valence-corrected chi connectivity index (χ1v) is 11.7. The molecule has 7 heteroatoms. The average Bonchev–Trinajstić information content (AvgIpc) is 2.94. The second kappa shape index (κ2) is 10.8. The summed E-state index contributed by atoms with van der Waals surface area (Å²) in [5, 5.41) is 6.19. The largest absolute Gasteiger partial charge is 0.378 e. The molecule has 176 valence electrons. The van der Waals surface area contributed by atoms with Gasteiger partial charge in [-0.3, -0.25) is 4.79 Å². The van der Waals surface area contributed by atoms with Gasteiger partial charge in [0.2, 0.25) is 5.95 Å². The van der Waals surface area contributed by atoms with E-state index in [9.17, 15) is 4.79 Å². The molecule has 1 aromatic heterocycles. The quantitative estimate of drug-likeness (QED) is 0.406. The van der Waals surface area contributed by atoms with Crippen LogP contribution in [0.25, 0.3) is 11.1 Å². The van der Waals surface area contributed by atoms with E-state index >= 15 is 0 Å². The van der Waals surface area contributed by atoms with Crippen LogP contribution >= 0.6 is 0 Å². The van der Waals surface area contributed by atoms with E-state index in [2.05, 4.69) is 37.6 Å². The van der Waals surface area contributed by atoms with Gasteiger partial charge in [-0.2, -0.15) is 0 Å². The topological polar surface area (TPSA) is 79.4 Å². The molecule has 1 saturated heterocycles. The summed E-state index contributed by atoms with van der Waals surface area (Å²) in [4.78, 5) is 23.8. The standard InChI is InChI=1S/C28H27N5O2/c34-27(32-25-10-12-26(13-11-25)33-14-16-35-17-15-33)23-8-6-22(7-9-23)24-19-30-28(31-20-24)29-18-21-4-2-1-3-5-21/h1-13,19-20H,14-18H2,(H,32,34)(H,29,30,31). The SMILES string of the molecule is O=C(Nc1ccc(N2CCOCC2)cc1)c1ccc(-c2cnc(NCc3ccccc3)nc2)cc1. The zero-order valence-corrected chi connectivity index (χ0v) is 19.4. The van der Waals surface area contributed by atoms with Crippen molar-refractivity contribution in [3.05, 3.63) is 102 Å². The molecule has 1 aliphatic rings. The average molecular weight is 466 g/mol. The smallest absolute Gasteiger partial charge is 0.255 e.